The quantitative estimate of drug-likeness (QED) is 0.517. The topological polar surface area (TPSA) is 53.3 Å². The Hall–Kier alpha value is -2.56. The summed E-state index contributed by atoms with van der Waals surface area (Å²) in [6.07, 6.45) is 11.7. The highest BCUT2D eigenvalue weighted by atomic mass is 16.5. The van der Waals surface area contributed by atoms with E-state index in [1.165, 1.54) is 12.8 Å². The lowest BCUT2D eigenvalue weighted by Crippen LogP contribution is -2.11. The summed E-state index contributed by atoms with van der Waals surface area (Å²) < 4.78 is 13.6. The van der Waals surface area contributed by atoms with Gasteiger partial charge in [-0.2, -0.15) is 5.10 Å². The van der Waals surface area contributed by atoms with Gasteiger partial charge < -0.3 is 9.47 Å². The van der Waals surface area contributed by atoms with Gasteiger partial charge in [0.25, 0.3) is 0 Å². The molecule has 0 spiro atoms. The van der Waals surface area contributed by atoms with Crippen LogP contribution in [-0.4, -0.2) is 28.3 Å². The minimum absolute atomic E-state index is 0.0612. The molecule has 1 aromatic carbocycles. The van der Waals surface area contributed by atoms with Gasteiger partial charge in [0.1, 0.15) is 0 Å². The van der Waals surface area contributed by atoms with E-state index >= 15 is 0 Å². The van der Waals surface area contributed by atoms with Crippen molar-refractivity contribution in [1.29, 1.82) is 0 Å². The molecule has 1 aliphatic carbocycles. The van der Waals surface area contributed by atoms with Gasteiger partial charge in [0.2, 0.25) is 0 Å². The van der Waals surface area contributed by atoms with E-state index in [0.717, 1.165) is 36.4 Å². The summed E-state index contributed by atoms with van der Waals surface area (Å²) in [5, 5.41) is 4.13. The van der Waals surface area contributed by atoms with Crippen molar-refractivity contribution in [2.24, 2.45) is 0 Å². The second kappa shape index (κ2) is 8.70. The molecule has 0 unspecified atom stereocenters. The number of allylic oxidation sites excluding steroid dienone is 1. The molecule has 1 aromatic heterocycles. The molecule has 3 rings (SSSR count). The second-order valence-corrected chi connectivity index (χ2v) is 6.45. The van der Waals surface area contributed by atoms with E-state index in [-0.39, 0.29) is 11.9 Å². The Kier molecular flexibility index (Phi) is 6.10. The van der Waals surface area contributed by atoms with E-state index in [4.69, 9.17) is 9.47 Å². The number of hydrogen-bond donors (Lipinski definition) is 0. The van der Waals surface area contributed by atoms with Gasteiger partial charge in [0, 0.05) is 12.7 Å². The van der Waals surface area contributed by atoms with E-state index in [2.05, 4.69) is 5.10 Å². The van der Waals surface area contributed by atoms with Crippen LogP contribution in [0.5, 0.6) is 11.5 Å². The van der Waals surface area contributed by atoms with Gasteiger partial charge >= 0.3 is 0 Å². The average molecular weight is 354 g/mol. The zero-order chi connectivity index (χ0) is 18.4. The SMILES string of the molecule is CCOc1cc(/C=C/C(=O)c2cnn(CC)c2)ccc1OC1CCCC1. The fraction of sp³-hybridized carbons (Fsp3) is 0.429. The molecule has 0 saturated heterocycles. The molecular formula is C21H26N2O3. The maximum Gasteiger partial charge on any atom is 0.189 e. The fourth-order valence-corrected chi connectivity index (χ4v) is 3.11. The molecule has 1 aliphatic rings. The summed E-state index contributed by atoms with van der Waals surface area (Å²) in [4.78, 5) is 12.3. The van der Waals surface area contributed by atoms with Gasteiger partial charge in [-0.15, -0.1) is 0 Å². The fourth-order valence-electron chi connectivity index (χ4n) is 3.11. The lowest BCUT2D eigenvalue weighted by molar-refractivity contribution is 0.104. The highest BCUT2D eigenvalue weighted by Crippen LogP contribution is 2.33. The van der Waals surface area contributed by atoms with Crippen LogP contribution in [0.15, 0.2) is 36.7 Å². The largest absolute Gasteiger partial charge is 0.490 e. The van der Waals surface area contributed by atoms with E-state index < -0.39 is 0 Å². The smallest absolute Gasteiger partial charge is 0.189 e. The summed E-state index contributed by atoms with van der Waals surface area (Å²) >= 11 is 0. The number of aryl methyl sites for hydroxylation is 1. The van der Waals surface area contributed by atoms with Crippen molar-refractivity contribution in [3.05, 3.63) is 47.8 Å². The highest BCUT2D eigenvalue weighted by molar-refractivity contribution is 6.06. The van der Waals surface area contributed by atoms with Gasteiger partial charge in [0.15, 0.2) is 17.3 Å². The first-order valence-electron chi connectivity index (χ1n) is 9.38. The first kappa shape index (κ1) is 18.2. The Balaban J connectivity index is 1.72. The number of carbonyl (C=O) groups is 1. The molecule has 0 radical (unpaired) electrons. The maximum atomic E-state index is 12.3. The average Bonchev–Trinajstić information content (AvgIpc) is 3.33. The third-order valence-electron chi connectivity index (χ3n) is 4.53. The Bertz CT molecular complexity index is 773. The molecular weight excluding hydrogens is 328 g/mol. The predicted octanol–water partition coefficient (Wildman–Crippen LogP) is 4.52. The second-order valence-electron chi connectivity index (χ2n) is 6.45. The van der Waals surface area contributed by atoms with Crippen molar-refractivity contribution < 1.29 is 14.3 Å². The number of ether oxygens (including phenoxy) is 2. The molecule has 0 aliphatic heterocycles. The summed E-state index contributed by atoms with van der Waals surface area (Å²) in [5.41, 5.74) is 1.50. The molecule has 2 aromatic rings. The van der Waals surface area contributed by atoms with Crippen molar-refractivity contribution in [3.63, 3.8) is 0 Å². The lowest BCUT2D eigenvalue weighted by Gasteiger charge is -2.17. The molecule has 138 valence electrons. The molecule has 1 saturated carbocycles. The number of ketones is 1. The third-order valence-corrected chi connectivity index (χ3v) is 4.53. The molecule has 0 atom stereocenters. The molecule has 0 N–H and O–H groups in total. The molecule has 5 heteroatoms. The van der Waals surface area contributed by atoms with Crippen LogP contribution in [0.4, 0.5) is 0 Å². The Morgan fingerprint density at radius 1 is 1.27 bits per heavy atom. The van der Waals surface area contributed by atoms with Crippen LogP contribution in [0.1, 0.15) is 55.5 Å². The minimum atomic E-state index is -0.0612. The highest BCUT2D eigenvalue weighted by Gasteiger charge is 2.18. The molecule has 26 heavy (non-hydrogen) atoms. The van der Waals surface area contributed by atoms with Crippen molar-refractivity contribution in [2.75, 3.05) is 6.61 Å². The Morgan fingerprint density at radius 3 is 2.77 bits per heavy atom. The molecule has 1 fully saturated rings. The predicted molar refractivity (Wildman–Crippen MR) is 102 cm³/mol. The standard InChI is InChI=1S/C21H26N2O3/c1-3-23-15-17(14-22-23)19(24)11-9-16-10-12-20(21(13-16)25-4-2)26-18-7-5-6-8-18/h9-15,18H,3-8H2,1-2H3/b11-9+. The number of hydrogen-bond acceptors (Lipinski definition) is 4. The van der Waals surface area contributed by atoms with Crippen LogP contribution < -0.4 is 9.47 Å². The number of aromatic nitrogens is 2. The maximum absolute atomic E-state index is 12.3. The van der Waals surface area contributed by atoms with Gasteiger partial charge in [0.05, 0.1) is 24.5 Å². The number of carbonyl (C=O) groups excluding carboxylic acids is 1. The van der Waals surface area contributed by atoms with E-state index in [0.29, 0.717) is 12.2 Å². The van der Waals surface area contributed by atoms with Crippen LogP contribution in [0.3, 0.4) is 0 Å². The summed E-state index contributed by atoms with van der Waals surface area (Å²) in [7, 11) is 0. The van der Waals surface area contributed by atoms with Crippen molar-refractivity contribution in [1.82, 2.24) is 9.78 Å². The summed E-state index contributed by atoms with van der Waals surface area (Å²) in [6.45, 7) is 5.26. The zero-order valence-electron chi connectivity index (χ0n) is 15.5. The first-order valence-corrected chi connectivity index (χ1v) is 9.38. The van der Waals surface area contributed by atoms with Crippen LogP contribution in [0.25, 0.3) is 6.08 Å². The molecule has 1 heterocycles. The molecule has 0 bridgehead atoms. The van der Waals surface area contributed by atoms with Crippen LogP contribution in [0.2, 0.25) is 0 Å². The van der Waals surface area contributed by atoms with E-state index in [9.17, 15) is 4.79 Å². The Labute approximate surface area is 154 Å². The van der Waals surface area contributed by atoms with Crippen molar-refractivity contribution >= 4 is 11.9 Å². The van der Waals surface area contributed by atoms with Gasteiger partial charge in [-0.1, -0.05) is 12.1 Å². The number of benzene rings is 1. The van der Waals surface area contributed by atoms with E-state index in [1.54, 1.807) is 29.2 Å². The first-order chi connectivity index (χ1) is 12.7. The molecule has 0 amide bonds. The summed E-state index contributed by atoms with van der Waals surface area (Å²) in [6, 6.07) is 5.81. The lowest BCUT2D eigenvalue weighted by atomic mass is 10.1. The van der Waals surface area contributed by atoms with Crippen LogP contribution in [-0.2, 0) is 6.54 Å². The number of rotatable bonds is 8. The van der Waals surface area contributed by atoms with Crippen LogP contribution in [0, 0.1) is 0 Å². The van der Waals surface area contributed by atoms with Gasteiger partial charge in [-0.05, 0) is 63.3 Å². The third kappa shape index (κ3) is 4.54. The van der Waals surface area contributed by atoms with Gasteiger partial charge in [-0.3, -0.25) is 9.48 Å². The van der Waals surface area contributed by atoms with Crippen molar-refractivity contribution in [3.8, 4) is 11.5 Å². The molecule has 5 nitrogen and oxygen atoms in total. The zero-order valence-corrected chi connectivity index (χ0v) is 15.5. The minimum Gasteiger partial charge on any atom is -0.490 e. The Morgan fingerprint density at radius 2 is 2.08 bits per heavy atom. The van der Waals surface area contributed by atoms with Gasteiger partial charge in [-0.25, -0.2) is 0 Å². The van der Waals surface area contributed by atoms with Crippen molar-refractivity contribution in [2.45, 2.75) is 52.2 Å². The monoisotopic (exact) mass is 354 g/mol. The number of nitrogens with zero attached hydrogens (tertiary/aromatic N) is 2. The normalized spacial score (nSPS) is 14.8. The van der Waals surface area contributed by atoms with E-state index in [1.807, 2.05) is 32.0 Å². The summed E-state index contributed by atoms with van der Waals surface area (Å²) in [5.74, 6) is 1.45. The van der Waals surface area contributed by atoms with Crippen LogP contribution >= 0.6 is 0 Å².